The average Bonchev–Trinajstić information content (AvgIpc) is 3.07. The molecule has 0 radical (unpaired) electrons. The second-order valence-corrected chi connectivity index (χ2v) is 8.31. The van der Waals surface area contributed by atoms with Crippen molar-refractivity contribution in [2.24, 2.45) is 5.41 Å². The van der Waals surface area contributed by atoms with Crippen molar-refractivity contribution in [1.29, 1.82) is 0 Å². The zero-order valence-corrected chi connectivity index (χ0v) is 15.4. The first kappa shape index (κ1) is 17.8. The monoisotopic (exact) mass is 348 g/mol. The third kappa shape index (κ3) is 4.17. The van der Waals surface area contributed by atoms with E-state index in [1.807, 2.05) is 30.6 Å². The minimum Gasteiger partial charge on any atom is -0.459 e. The number of nitrogens with zero attached hydrogens (tertiary/aromatic N) is 2. The molecule has 25 heavy (non-hydrogen) atoms. The first-order chi connectivity index (χ1) is 11.8. The molecule has 1 aromatic rings. The third-order valence-corrected chi connectivity index (χ3v) is 4.99. The van der Waals surface area contributed by atoms with Crippen molar-refractivity contribution in [1.82, 2.24) is 9.80 Å². The molecule has 1 spiro atoms. The average molecular weight is 348 g/mol. The van der Waals surface area contributed by atoms with E-state index in [9.17, 15) is 9.59 Å². The Morgan fingerprint density at radius 3 is 2.36 bits per heavy atom. The molecule has 3 rings (SSSR count). The smallest absolute Gasteiger partial charge is 0.410 e. The second kappa shape index (κ2) is 6.73. The number of hydrogen-bond acceptors (Lipinski definition) is 4. The van der Waals surface area contributed by atoms with Crippen LogP contribution in [0.5, 0.6) is 0 Å². The molecule has 2 aliphatic heterocycles. The standard InChI is InChI=1S/C19H28N2O4/c1-18(2,3)25-17(23)21-11-6-9-19(14-21)8-5-10-20(13-19)16(22)15-7-4-12-24-15/h4,7,12H,5-6,8-11,13-14H2,1-3H3/t19-/m1/s1. The number of hydrogen-bond donors (Lipinski definition) is 0. The first-order valence-corrected chi connectivity index (χ1v) is 9.09. The lowest BCUT2D eigenvalue weighted by molar-refractivity contribution is -0.0134. The van der Waals surface area contributed by atoms with Crippen LogP contribution in [0.4, 0.5) is 4.79 Å². The summed E-state index contributed by atoms with van der Waals surface area (Å²) >= 11 is 0. The van der Waals surface area contributed by atoms with Crippen LogP contribution in [0.25, 0.3) is 0 Å². The van der Waals surface area contributed by atoms with Gasteiger partial charge in [0.2, 0.25) is 0 Å². The van der Waals surface area contributed by atoms with E-state index in [1.54, 1.807) is 12.1 Å². The number of furan rings is 1. The molecule has 0 bridgehead atoms. The quantitative estimate of drug-likeness (QED) is 0.779. The molecule has 1 aromatic heterocycles. The normalized spacial score (nSPS) is 24.4. The number of amides is 2. The molecule has 2 amide bonds. The minimum atomic E-state index is -0.491. The Morgan fingerprint density at radius 1 is 1.12 bits per heavy atom. The Labute approximate surface area is 149 Å². The molecule has 1 atom stereocenters. The van der Waals surface area contributed by atoms with E-state index in [4.69, 9.17) is 9.15 Å². The molecule has 6 heteroatoms. The van der Waals surface area contributed by atoms with Crippen LogP contribution in [0, 0.1) is 5.41 Å². The number of likely N-dealkylation sites (tertiary alicyclic amines) is 2. The van der Waals surface area contributed by atoms with Gasteiger partial charge in [0.25, 0.3) is 5.91 Å². The summed E-state index contributed by atoms with van der Waals surface area (Å²) in [5.74, 6) is 0.329. The summed E-state index contributed by atoms with van der Waals surface area (Å²) in [6, 6.07) is 3.44. The summed E-state index contributed by atoms with van der Waals surface area (Å²) in [4.78, 5) is 28.8. The molecule has 0 aliphatic carbocycles. The minimum absolute atomic E-state index is 0.0321. The Bertz CT molecular complexity index is 616. The maximum atomic E-state index is 12.6. The summed E-state index contributed by atoms with van der Waals surface area (Å²) in [6.45, 7) is 8.45. The second-order valence-electron chi connectivity index (χ2n) is 8.31. The van der Waals surface area contributed by atoms with Crippen LogP contribution in [0.3, 0.4) is 0 Å². The molecular formula is C19H28N2O4. The van der Waals surface area contributed by atoms with Gasteiger partial charge < -0.3 is 19.0 Å². The van der Waals surface area contributed by atoms with E-state index >= 15 is 0 Å². The van der Waals surface area contributed by atoms with Crippen LogP contribution in [0.1, 0.15) is 57.0 Å². The number of carbonyl (C=O) groups is 2. The van der Waals surface area contributed by atoms with Crippen molar-refractivity contribution in [3.8, 4) is 0 Å². The van der Waals surface area contributed by atoms with Gasteiger partial charge in [0.1, 0.15) is 5.60 Å². The van der Waals surface area contributed by atoms with Crippen LogP contribution >= 0.6 is 0 Å². The van der Waals surface area contributed by atoms with Crippen LogP contribution in [-0.2, 0) is 4.74 Å². The molecule has 6 nitrogen and oxygen atoms in total. The molecule has 0 aromatic carbocycles. The highest BCUT2D eigenvalue weighted by Crippen LogP contribution is 2.39. The number of ether oxygens (including phenoxy) is 1. The highest BCUT2D eigenvalue weighted by Gasteiger charge is 2.42. The number of carbonyl (C=O) groups excluding carboxylic acids is 2. The summed E-state index contributed by atoms with van der Waals surface area (Å²) in [6.07, 6.45) is 5.25. The summed E-state index contributed by atoms with van der Waals surface area (Å²) < 4.78 is 10.8. The van der Waals surface area contributed by atoms with E-state index in [1.165, 1.54) is 6.26 Å². The van der Waals surface area contributed by atoms with E-state index in [2.05, 4.69) is 0 Å². The molecule has 0 N–H and O–H groups in total. The fourth-order valence-corrected chi connectivity index (χ4v) is 3.96. The molecule has 2 saturated heterocycles. The van der Waals surface area contributed by atoms with Crippen molar-refractivity contribution >= 4 is 12.0 Å². The van der Waals surface area contributed by atoms with Gasteiger partial charge in [0, 0.05) is 31.6 Å². The largest absolute Gasteiger partial charge is 0.459 e. The molecule has 2 fully saturated rings. The van der Waals surface area contributed by atoms with Gasteiger partial charge in [-0.2, -0.15) is 0 Å². The van der Waals surface area contributed by atoms with Gasteiger partial charge >= 0.3 is 6.09 Å². The van der Waals surface area contributed by atoms with Gasteiger partial charge in [-0.15, -0.1) is 0 Å². The molecule has 0 saturated carbocycles. The van der Waals surface area contributed by atoms with E-state index < -0.39 is 5.60 Å². The zero-order valence-electron chi connectivity index (χ0n) is 15.4. The van der Waals surface area contributed by atoms with Gasteiger partial charge in [0.05, 0.1) is 6.26 Å². The third-order valence-electron chi connectivity index (χ3n) is 4.99. The van der Waals surface area contributed by atoms with Crippen molar-refractivity contribution in [2.45, 2.75) is 52.1 Å². The van der Waals surface area contributed by atoms with Crippen molar-refractivity contribution in [3.63, 3.8) is 0 Å². The lowest BCUT2D eigenvalue weighted by atomic mass is 9.73. The highest BCUT2D eigenvalue weighted by atomic mass is 16.6. The van der Waals surface area contributed by atoms with Crippen LogP contribution in [0.15, 0.2) is 22.8 Å². The van der Waals surface area contributed by atoms with Crippen molar-refractivity contribution in [2.75, 3.05) is 26.2 Å². The van der Waals surface area contributed by atoms with Gasteiger partial charge in [-0.3, -0.25) is 4.79 Å². The lowest BCUT2D eigenvalue weighted by Gasteiger charge is -2.48. The maximum absolute atomic E-state index is 12.6. The summed E-state index contributed by atoms with van der Waals surface area (Å²) in [7, 11) is 0. The van der Waals surface area contributed by atoms with Crippen molar-refractivity contribution < 1.29 is 18.7 Å². The molecular weight excluding hydrogens is 320 g/mol. The van der Waals surface area contributed by atoms with Crippen LogP contribution in [-0.4, -0.2) is 53.6 Å². The van der Waals surface area contributed by atoms with Crippen LogP contribution in [0.2, 0.25) is 0 Å². The SMILES string of the molecule is CC(C)(C)OC(=O)N1CCC[C@@]2(CCCN(C(=O)c3ccco3)C2)C1. The Morgan fingerprint density at radius 2 is 1.76 bits per heavy atom. The topological polar surface area (TPSA) is 63.0 Å². The molecule has 2 aliphatic rings. The molecule has 138 valence electrons. The van der Waals surface area contributed by atoms with Gasteiger partial charge in [-0.05, 0) is 58.6 Å². The zero-order chi connectivity index (χ0) is 18.1. The van der Waals surface area contributed by atoms with Crippen molar-refractivity contribution in [3.05, 3.63) is 24.2 Å². The summed E-state index contributed by atoms with van der Waals surface area (Å²) in [5, 5.41) is 0. The highest BCUT2D eigenvalue weighted by molar-refractivity contribution is 5.91. The molecule has 3 heterocycles. The van der Waals surface area contributed by atoms with E-state index in [0.29, 0.717) is 18.8 Å². The maximum Gasteiger partial charge on any atom is 0.410 e. The Kier molecular flexibility index (Phi) is 4.80. The number of piperidine rings is 2. The Hall–Kier alpha value is -1.98. The van der Waals surface area contributed by atoms with Gasteiger partial charge in [-0.25, -0.2) is 4.79 Å². The van der Waals surface area contributed by atoms with E-state index in [0.717, 1.165) is 38.8 Å². The number of rotatable bonds is 1. The fraction of sp³-hybridized carbons (Fsp3) is 0.684. The van der Waals surface area contributed by atoms with Gasteiger partial charge in [-0.1, -0.05) is 0 Å². The fourth-order valence-electron chi connectivity index (χ4n) is 3.96. The summed E-state index contributed by atoms with van der Waals surface area (Å²) in [5.41, 5.74) is -0.523. The van der Waals surface area contributed by atoms with E-state index in [-0.39, 0.29) is 17.4 Å². The first-order valence-electron chi connectivity index (χ1n) is 9.09. The predicted molar refractivity (Wildman–Crippen MR) is 93.3 cm³/mol. The van der Waals surface area contributed by atoms with Gasteiger partial charge in [0.15, 0.2) is 5.76 Å². The van der Waals surface area contributed by atoms with Crippen LogP contribution < -0.4 is 0 Å². The Balaban J connectivity index is 1.68. The molecule has 0 unspecified atom stereocenters. The lowest BCUT2D eigenvalue weighted by Crippen LogP contribution is -2.55. The predicted octanol–water partition coefficient (Wildman–Crippen LogP) is 3.53.